The van der Waals surface area contributed by atoms with Gasteiger partial charge in [0.15, 0.2) is 0 Å². The topological polar surface area (TPSA) is 58.4 Å². The van der Waals surface area contributed by atoms with E-state index in [1.165, 1.54) is 38.6 Å². The molecule has 2 aliphatic heterocycles. The highest BCUT2D eigenvalue weighted by Crippen LogP contribution is 2.18. The molecule has 4 heteroatoms. The molecule has 0 aromatic carbocycles. The van der Waals surface area contributed by atoms with Crippen molar-refractivity contribution in [2.75, 3.05) is 19.6 Å². The van der Waals surface area contributed by atoms with Gasteiger partial charge in [0.25, 0.3) is 0 Å². The van der Waals surface area contributed by atoms with Crippen LogP contribution >= 0.6 is 0 Å². The van der Waals surface area contributed by atoms with E-state index in [-0.39, 0.29) is 11.9 Å². The van der Waals surface area contributed by atoms with Crippen LogP contribution in [0.5, 0.6) is 0 Å². The minimum atomic E-state index is -0.135. The van der Waals surface area contributed by atoms with Gasteiger partial charge in [-0.1, -0.05) is 6.42 Å². The number of hydrogen-bond donors (Lipinski definition) is 2. The molecule has 2 fully saturated rings. The second kappa shape index (κ2) is 6.36. The number of nitrogens with one attached hydrogen (secondary N) is 1. The third kappa shape index (κ3) is 3.68. The van der Waals surface area contributed by atoms with Crippen molar-refractivity contribution in [1.82, 2.24) is 10.2 Å². The van der Waals surface area contributed by atoms with Crippen LogP contribution < -0.4 is 11.1 Å². The Kier molecular flexibility index (Phi) is 4.80. The van der Waals surface area contributed by atoms with Crippen molar-refractivity contribution in [2.45, 2.75) is 57.0 Å². The van der Waals surface area contributed by atoms with Crippen LogP contribution in [0.2, 0.25) is 0 Å². The molecule has 3 N–H and O–H groups in total. The van der Waals surface area contributed by atoms with Gasteiger partial charge in [0, 0.05) is 6.04 Å². The van der Waals surface area contributed by atoms with Crippen molar-refractivity contribution in [3.63, 3.8) is 0 Å². The van der Waals surface area contributed by atoms with Gasteiger partial charge in [-0.25, -0.2) is 0 Å². The Morgan fingerprint density at radius 3 is 2.88 bits per heavy atom. The van der Waals surface area contributed by atoms with Crippen LogP contribution in [0.3, 0.4) is 0 Å². The highest BCUT2D eigenvalue weighted by atomic mass is 16.1. The molecule has 2 saturated heterocycles. The fourth-order valence-corrected chi connectivity index (χ4v) is 3.12. The molecule has 2 unspecified atom stereocenters. The highest BCUT2D eigenvalue weighted by molar-refractivity contribution is 5.79. The predicted molar refractivity (Wildman–Crippen MR) is 68.7 cm³/mol. The lowest BCUT2D eigenvalue weighted by Gasteiger charge is -2.33. The van der Waals surface area contributed by atoms with E-state index in [0.717, 1.165) is 25.9 Å². The first-order chi connectivity index (χ1) is 8.27. The fraction of sp³-hybridized carbons (Fsp3) is 0.923. The summed E-state index contributed by atoms with van der Waals surface area (Å²) in [5.41, 5.74) is 5.46. The summed E-state index contributed by atoms with van der Waals surface area (Å²) >= 11 is 0. The van der Waals surface area contributed by atoms with Crippen molar-refractivity contribution in [1.29, 1.82) is 0 Å². The van der Waals surface area contributed by atoms with Gasteiger partial charge in [0.2, 0.25) is 5.91 Å². The lowest BCUT2D eigenvalue weighted by Crippen LogP contribution is -2.48. The van der Waals surface area contributed by atoms with Crippen molar-refractivity contribution in [2.24, 2.45) is 5.73 Å². The van der Waals surface area contributed by atoms with E-state index >= 15 is 0 Å². The molecule has 2 heterocycles. The Labute approximate surface area is 104 Å². The summed E-state index contributed by atoms with van der Waals surface area (Å²) in [5.74, 6) is -0.135. The highest BCUT2D eigenvalue weighted by Gasteiger charge is 2.26. The number of hydrogen-bond acceptors (Lipinski definition) is 3. The molecule has 0 spiro atoms. The van der Waals surface area contributed by atoms with Crippen LogP contribution in [-0.4, -0.2) is 42.5 Å². The maximum atomic E-state index is 11.4. The van der Waals surface area contributed by atoms with Crippen LogP contribution in [0, 0.1) is 0 Å². The SMILES string of the molecule is NC(=O)C1CCCCN1CCCC1CCCN1. The number of piperidine rings is 1. The lowest BCUT2D eigenvalue weighted by molar-refractivity contribution is -0.124. The fourth-order valence-electron chi connectivity index (χ4n) is 3.12. The van der Waals surface area contributed by atoms with Crippen molar-refractivity contribution in [3.8, 4) is 0 Å². The zero-order chi connectivity index (χ0) is 12.1. The van der Waals surface area contributed by atoms with Gasteiger partial charge in [-0.2, -0.15) is 0 Å². The van der Waals surface area contributed by atoms with Crippen molar-refractivity contribution < 1.29 is 4.79 Å². The Morgan fingerprint density at radius 1 is 1.29 bits per heavy atom. The molecule has 0 aliphatic carbocycles. The molecule has 4 nitrogen and oxygen atoms in total. The Bertz CT molecular complexity index is 251. The summed E-state index contributed by atoms with van der Waals surface area (Å²) in [6, 6.07) is 0.715. The van der Waals surface area contributed by atoms with Crippen LogP contribution in [0.15, 0.2) is 0 Å². The Hall–Kier alpha value is -0.610. The summed E-state index contributed by atoms with van der Waals surface area (Å²) in [6.45, 7) is 3.26. The number of carbonyl (C=O) groups excluding carboxylic acids is 1. The third-order valence-electron chi connectivity index (χ3n) is 4.10. The van der Waals surface area contributed by atoms with Gasteiger partial charge in [-0.3, -0.25) is 9.69 Å². The monoisotopic (exact) mass is 239 g/mol. The minimum Gasteiger partial charge on any atom is -0.368 e. The molecule has 2 rings (SSSR count). The van der Waals surface area contributed by atoms with E-state index < -0.39 is 0 Å². The maximum Gasteiger partial charge on any atom is 0.234 e. The van der Waals surface area contributed by atoms with E-state index in [1.54, 1.807) is 0 Å². The van der Waals surface area contributed by atoms with E-state index in [2.05, 4.69) is 10.2 Å². The number of rotatable bonds is 5. The molecule has 0 aromatic rings. The summed E-state index contributed by atoms with van der Waals surface area (Å²) in [6.07, 6.45) is 8.37. The van der Waals surface area contributed by atoms with Crippen LogP contribution in [0.25, 0.3) is 0 Å². The number of likely N-dealkylation sites (tertiary alicyclic amines) is 1. The van der Waals surface area contributed by atoms with Crippen molar-refractivity contribution >= 4 is 5.91 Å². The van der Waals surface area contributed by atoms with Crippen LogP contribution in [-0.2, 0) is 4.79 Å². The first kappa shape index (κ1) is 12.8. The molecule has 0 radical (unpaired) electrons. The minimum absolute atomic E-state index is 0.000266. The maximum absolute atomic E-state index is 11.4. The smallest absolute Gasteiger partial charge is 0.234 e. The molecular formula is C13H25N3O. The largest absolute Gasteiger partial charge is 0.368 e. The lowest BCUT2D eigenvalue weighted by atomic mass is 10.0. The van der Waals surface area contributed by atoms with Gasteiger partial charge in [-0.15, -0.1) is 0 Å². The Balaban J connectivity index is 1.70. The van der Waals surface area contributed by atoms with Gasteiger partial charge in [0.05, 0.1) is 6.04 Å². The molecule has 0 saturated carbocycles. The van der Waals surface area contributed by atoms with E-state index in [1.807, 2.05) is 0 Å². The van der Waals surface area contributed by atoms with Gasteiger partial charge < -0.3 is 11.1 Å². The number of nitrogens with two attached hydrogens (primary N) is 1. The van der Waals surface area contributed by atoms with Gasteiger partial charge in [0.1, 0.15) is 0 Å². The first-order valence-corrected chi connectivity index (χ1v) is 7.04. The van der Waals surface area contributed by atoms with Crippen molar-refractivity contribution in [3.05, 3.63) is 0 Å². The van der Waals surface area contributed by atoms with Crippen LogP contribution in [0.1, 0.15) is 44.9 Å². The summed E-state index contributed by atoms with van der Waals surface area (Å²) < 4.78 is 0. The van der Waals surface area contributed by atoms with E-state index in [0.29, 0.717) is 6.04 Å². The summed E-state index contributed by atoms with van der Waals surface area (Å²) in [5, 5.41) is 3.52. The predicted octanol–water partition coefficient (Wildman–Crippen LogP) is 0.858. The molecule has 98 valence electrons. The normalized spacial score (nSPS) is 30.6. The second-order valence-corrected chi connectivity index (χ2v) is 5.39. The molecule has 0 aromatic heterocycles. The molecular weight excluding hydrogens is 214 g/mol. The number of primary amides is 1. The van der Waals surface area contributed by atoms with Gasteiger partial charge in [-0.05, 0) is 58.2 Å². The Morgan fingerprint density at radius 2 is 2.18 bits per heavy atom. The quantitative estimate of drug-likeness (QED) is 0.748. The molecule has 0 bridgehead atoms. The number of nitrogens with zero attached hydrogens (tertiary/aromatic N) is 1. The zero-order valence-corrected chi connectivity index (χ0v) is 10.7. The second-order valence-electron chi connectivity index (χ2n) is 5.39. The van der Waals surface area contributed by atoms with Gasteiger partial charge >= 0.3 is 0 Å². The first-order valence-electron chi connectivity index (χ1n) is 7.04. The molecule has 17 heavy (non-hydrogen) atoms. The van der Waals surface area contributed by atoms with E-state index in [4.69, 9.17) is 5.73 Å². The molecule has 2 atom stereocenters. The molecule has 2 aliphatic rings. The number of amides is 1. The van der Waals surface area contributed by atoms with Crippen LogP contribution in [0.4, 0.5) is 0 Å². The van der Waals surface area contributed by atoms with E-state index in [9.17, 15) is 4.79 Å². The zero-order valence-electron chi connectivity index (χ0n) is 10.7. The molecule has 1 amide bonds. The summed E-state index contributed by atoms with van der Waals surface area (Å²) in [7, 11) is 0. The number of carbonyl (C=O) groups is 1. The third-order valence-corrected chi connectivity index (χ3v) is 4.10. The average Bonchev–Trinajstić information content (AvgIpc) is 2.82. The average molecular weight is 239 g/mol. The standard InChI is InChI=1S/C13H25N3O/c14-13(17)12-7-1-2-9-16(12)10-4-6-11-5-3-8-15-11/h11-12,15H,1-10H2,(H2,14,17). The summed E-state index contributed by atoms with van der Waals surface area (Å²) in [4.78, 5) is 13.6.